The Morgan fingerprint density at radius 2 is 1.71 bits per heavy atom. The Morgan fingerprint density at radius 3 is 2.29 bits per heavy atom. The Labute approximate surface area is 135 Å². The van der Waals surface area contributed by atoms with Crippen LogP contribution in [0.15, 0.2) is 12.7 Å². The quantitative estimate of drug-likeness (QED) is 0.285. The maximum atomic E-state index is 5.67. The number of hydrogen-bond acceptors (Lipinski definition) is 2. The molecule has 0 fully saturated rings. The highest BCUT2D eigenvalue weighted by atomic mass is 16.5. The summed E-state index contributed by atoms with van der Waals surface area (Å²) in [5.41, 5.74) is 0. The van der Waals surface area contributed by atoms with Crippen molar-refractivity contribution in [3.05, 3.63) is 12.7 Å². The lowest BCUT2D eigenvalue weighted by atomic mass is 9.86. The molecule has 0 heterocycles. The lowest BCUT2D eigenvalue weighted by molar-refractivity contribution is 0.0806. The summed E-state index contributed by atoms with van der Waals surface area (Å²) in [7, 11) is 0. The van der Waals surface area contributed by atoms with Gasteiger partial charge in [0.25, 0.3) is 0 Å². The molecule has 2 nitrogen and oxygen atoms in total. The summed E-state index contributed by atoms with van der Waals surface area (Å²) in [4.78, 5) is 0. The molecule has 0 saturated heterocycles. The van der Waals surface area contributed by atoms with E-state index in [1.54, 1.807) is 0 Å². The van der Waals surface area contributed by atoms with Crippen LogP contribution >= 0.6 is 0 Å². The first-order valence-electron chi connectivity index (χ1n) is 8.02. The predicted molar refractivity (Wildman–Crippen MR) is 97.0 cm³/mol. The van der Waals surface area contributed by atoms with E-state index in [9.17, 15) is 0 Å². The smallest absolute Gasteiger partial charge is 0.0644 e. The molecule has 0 aromatic rings. The van der Waals surface area contributed by atoms with Crippen LogP contribution in [0.25, 0.3) is 0 Å². The van der Waals surface area contributed by atoms with Gasteiger partial charge in [-0.1, -0.05) is 60.5 Å². The van der Waals surface area contributed by atoms with Crippen LogP contribution in [0.2, 0.25) is 0 Å². The highest BCUT2D eigenvalue weighted by Gasteiger charge is 2.16. The molecule has 0 aromatic carbocycles. The zero-order valence-electron chi connectivity index (χ0n) is 13.3. The van der Waals surface area contributed by atoms with Gasteiger partial charge < -0.3 is 9.47 Å². The topological polar surface area (TPSA) is 18.5 Å². The number of unbranched alkanes of at least 4 members (excludes halogenated alkanes) is 2. The van der Waals surface area contributed by atoms with Crippen LogP contribution in [-0.2, 0) is 9.47 Å². The molecule has 0 aliphatic carbocycles. The van der Waals surface area contributed by atoms with Crippen LogP contribution in [-0.4, -0.2) is 26.4 Å². The fourth-order valence-electron chi connectivity index (χ4n) is 2.38. The average molecular weight is 303 g/mol. The van der Waals surface area contributed by atoms with Crippen molar-refractivity contribution in [1.29, 1.82) is 0 Å². The van der Waals surface area contributed by atoms with Gasteiger partial charge in [0.2, 0.25) is 0 Å². The van der Waals surface area contributed by atoms with Gasteiger partial charge in [0, 0.05) is 13.2 Å². The Hall–Kier alpha value is -0.340. The summed E-state index contributed by atoms with van der Waals surface area (Å²) < 4.78 is 11.1. The van der Waals surface area contributed by atoms with Crippen molar-refractivity contribution in [2.75, 3.05) is 26.4 Å². The lowest BCUT2D eigenvalue weighted by Gasteiger charge is -2.24. The Morgan fingerprint density at radius 1 is 1.00 bits per heavy atom. The standard InChI is InChI=1S/C17H34O2.2CH4/c1-5-8-9-11-16(4)17(15-19-13-6-2)12-10-14-18-7-3;;/h6,16-17H,2,5,7-15H2,1,3-4H3;2*1H4. The minimum atomic E-state index is 0. The second-order valence-electron chi connectivity index (χ2n) is 5.40. The number of ether oxygens (including phenoxy) is 2. The Bertz CT molecular complexity index is 192. The summed E-state index contributed by atoms with van der Waals surface area (Å²) in [6.45, 7) is 13.6. The second-order valence-corrected chi connectivity index (χ2v) is 5.40. The molecule has 0 aliphatic rings. The largest absolute Gasteiger partial charge is 0.382 e. The summed E-state index contributed by atoms with van der Waals surface area (Å²) in [5.74, 6) is 1.41. The van der Waals surface area contributed by atoms with Crippen molar-refractivity contribution in [3.8, 4) is 0 Å². The first-order valence-corrected chi connectivity index (χ1v) is 8.02. The molecular weight excluding hydrogens is 260 g/mol. The average Bonchev–Trinajstić information content (AvgIpc) is 2.41. The third-order valence-electron chi connectivity index (χ3n) is 3.70. The van der Waals surface area contributed by atoms with E-state index in [2.05, 4.69) is 27.4 Å². The molecule has 0 rings (SSSR count). The minimum Gasteiger partial charge on any atom is -0.382 e. The van der Waals surface area contributed by atoms with Crippen LogP contribution in [0.4, 0.5) is 0 Å². The molecule has 2 atom stereocenters. The van der Waals surface area contributed by atoms with Crippen LogP contribution in [0, 0.1) is 11.8 Å². The first-order chi connectivity index (χ1) is 9.26. The van der Waals surface area contributed by atoms with Crippen molar-refractivity contribution in [2.24, 2.45) is 11.8 Å². The van der Waals surface area contributed by atoms with E-state index in [0.717, 1.165) is 32.2 Å². The van der Waals surface area contributed by atoms with Gasteiger partial charge in [-0.05, 0) is 31.6 Å². The molecule has 0 saturated carbocycles. The molecular formula is C19H42O2. The second kappa shape index (κ2) is 19.7. The lowest BCUT2D eigenvalue weighted by Crippen LogP contribution is -2.19. The molecule has 21 heavy (non-hydrogen) atoms. The zero-order chi connectivity index (χ0) is 14.3. The molecule has 2 heteroatoms. The summed E-state index contributed by atoms with van der Waals surface area (Å²) >= 11 is 0. The van der Waals surface area contributed by atoms with Crippen LogP contribution < -0.4 is 0 Å². The summed E-state index contributed by atoms with van der Waals surface area (Å²) in [5, 5.41) is 0. The molecule has 0 amide bonds. The molecule has 0 radical (unpaired) electrons. The van der Waals surface area contributed by atoms with E-state index < -0.39 is 0 Å². The van der Waals surface area contributed by atoms with Crippen molar-refractivity contribution in [3.63, 3.8) is 0 Å². The number of rotatable bonds is 14. The monoisotopic (exact) mass is 302 g/mol. The maximum absolute atomic E-state index is 5.67. The third kappa shape index (κ3) is 15.9. The van der Waals surface area contributed by atoms with Crippen LogP contribution in [0.3, 0.4) is 0 Å². The third-order valence-corrected chi connectivity index (χ3v) is 3.70. The van der Waals surface area contributed by atoms with Crippen molar-refractivity contribution < 1.29 is 9.47 Å². The van der Waals surface area contributed by atoms with E-state index >= 15 is 0 Å². The molecule has 2 unspecified atom stereocenters. The Kier molecular flexibility index (Phi) is 24.0. The van der Waals surface area contributed by atoms with Crippen LogP contribution in [0.5, 0.6) is 0 Å². The van der Waals surface area contributed by atoms with Gasteiger partial charge in [-0.15, -0.1) is 6.58 Å². The summed E-state index contributed by atoms with van der Waals surface area (Å²) in [6.07, 6.45) is 9.52. The van der Waals surface area contributed by atoms with Gasteiger partial charge in [-0.25, -0.2) is 0 Å². The van der Waals surface area contributed by atoms with Gasteiger partial charge in [-0.2, -0.15) is 0 Å². The fraction of sp³-hybridized carbons (Fsp3) is 0.895. The van der Waals surface area contributed by atoms with Crippen LogP contribution in [0.1, 0.15) is 74.1 Å². The summed E-state index contributed by atoms with van der Waals surface area (Å²) in [6, 6.07) is 0. The highest BCUT2D eigenvalue weighted by molar-refractivity contribution is 4.69. The highest BCUT2D eigenvalue weighted by Crippen LogP contribution is 2.23. The van der Waals surface area contributed by atoms with E-state index in [1.807, 2.05) is 6.08 Å². The van der Waals surface area contributed by atoms with Gasteiger partial charge >= 0.3 is 0 Å². The SMILES string of the molecule is C.C.C=CCOCC(CCCOCC)C(C)CCCCC. The molecule has 130 valence electrons. The van der Waals surface area contributed by atoms with E-state index in [1.165, 1.54) is 32.1 Å². The normalized spacial score (nSPS) is 12.9. The Balaban J connectivity index is -0.00000162. The molecule has 0 N–H and O–H groups in total. The fourth-order valence-corrected chi connectivity index (χ4v) is 2.38. The van der Waals surface area contributed by atoms with Crippen molar-refractivity contribution in [2.45, 2.75) is 74.1 Å². The molecule has 0 aromatic heterocycles. The van der Waals surface area contributed by atoms with Gasteiger partial charge in [0.05, 0.1) is 13.2 Å². The molecule has 0 aliphatic heterocycles. The predicted octanol–water partition coefficient (Wildman–Crippen LogP) is 6.11. The van der Waals surface area contributed by atoms with E-state index in [-0.39, 0.29) is 14.9 Å². The first kappa shape index (κ1) is 25.6. The maximum Gasteiger partial charge on any atom is 0.0644 e. The van der Waals surface area contributed by atoms with E-state index in [4.69, 9.17) is 9.47 Å². The van der Waals surface area contributed by atoms with E-state index in [0.29, 0.717) is 12.5 Å². The van der Waals surface area contributed by atoms with Gasteiger partial charge in [-0.3, -0.25) is 0 Å². The number of hydrogen-bond donors (Lipinski definition) is 0. The zero-order valence-corrected chi connectivity index (χ0v) is 13.3. The van der Waals surface area contributed by atoms with Gasteiger partial charge in [0.1, 0.15) is 0 Å². The van der Waals surface area contributed by atoms with Crippen molar-refractivity contribution in [1.82, 2.24) is 0 Å². The minimum absolute atomic E-state index is 0. The van der Waals surface area contributed by atoms with Crippen molar-refractivity contribution >= 4 is 0 Å². The molecule has 0 spiro atoms. The molecule has 0 bridgehead atoms. The van der Waals surface area contributed by atoms with Gasteiger partial charge in [0.15, 0.2) is 0 Å².